The van der Waals surface area contributed by atoms with Gasteiger partial charge < -0.3 is 44.5 Å². The number of aromatic amines is 1. The molecule has 4 amide bonds. The molecule has 7 rings (SSSR count). The van der Waals surface area contributed by atoms with Gasteiger partial charge in [0.25, 0.3) is 5.91 Å². The molecule has 3 N–H and O–H groups in total. The first-order valence-corrected chi connectivity index (χ1v) is 22.1. The lowest BCUT2D eigenvalue weighted by molar-refractivity contribution is -0.275. The number of hydrogen-bond donors (Lipinski definition) is 3. The number of nitrogens with one attached hydrogen (secondary N) is 3. The quantitative estimate of drug-likeness (QED) is 0.132. The highest BCUT2D eigenvalue weighted by atomic mass is 35.5. The lowest BCUT2D eigenvalue weighted by Gasteiger charge is -2.42. The number of halogens is 5. The highest BCUT2D eigenvalue weighted by molar-refractivity contribution is 6.32. The highest BCUT2D eigenvalue weighted by Gasteiger charge is 2.43. The van der Waals surface area contributed by atoms with Crippen LogP contribution in [0.1, 0.15) is 76.1 Å². The molecule has 2 aromatic heterocycles. The van der Waals surface area contributed by atoms with E-state index in [1.807, 2.05) is 44.4 Å². The Bertz CT molecular complexity index is 2420. The zero-order valence-corrected chi connectivity index (χ0v) is 38.2. The molecule has 354 valence electrons. The van der Waals surface area contributed by atoms with Gasteiger partial charge in [0.1, 0.15) is 28.5 Å². The maximum Gasteiger partial charge on any atom is 0.573 e. The SMILES string of the molecule is COC(=O)N[C@H](C(=O)N1C[C@@H](C)C[C@H]1c1nc(-c2ccc(-c3ccc(C(=O)Nc4ccc(N5CCN(C(=O)C(C)(C)C)C[C@H]5C)nc4)c(F)c3OC(F)(F)F)cc2)c(Cl)[nH]1)C1CCOCC1. The van der Waals surface area contributed by atoms with Gasteiger partial charge in [-0.05, 0) is 67.9 Å². The standard InChI is InChI=1S/C46H53ClF4N8O7/c1-25-21-33(59(23-25)42(61)37(55-44(63)64-6)29-15-19-65-20-16-29)40-54-36(39(47)56-40)28-9-7-27(8-10-28)31-12-13-32(35(48)38(31)66-46(49,50)51)41(60)53-30-11-14-34(52-22-30)58-18-17-57(24-26(58)2)43(62)45(3,4)5/h7-14,22,25-26,29,33,37H,15-21,23-24H2,1-6H3,(H,53,60)(H,54,56)(H,55,63)/t25-,26+,33-,37-/m0/s1. The number of carbonyl (C=O) groups is 4. The zero-order valence-electron chi connectivity index (χ0n) is 37.4. The van der Waals surface area contributed by atoms with E-state index in [1.165, 1.54) is 25.4 Å². The fourth-order valence-corrected chi connectivity index (χ4v) is 9.08. The number of anilines is 2. The summed E-state index contributed by atoms with van der Waals surface area (Å²) in [5.41, 5.74) is -0.418. The normalized spacial score (nSPS) is 19.9. The Kier molecular flexibility index (Phi) is 14.2. The van der Waals surface area contributed by atoms with Gasteiger partial charge in [-0.3, -0.25) is 14.4 Å². The molecule has 15 nitrogen and oxygen atoms in total. The number of methoxy groups -OCH3 is 1. The average Bonchev–Trinajstić information content (AvgIpc) is 3.87. The molecule has 2 aromatic carbocycles. The van der Waals surface area contributed by atoms with Gasteiger partial charge in [-0.25, -0.2) is 19.2 Å². The molecular formula is C46H53ClF4N8O7. The first-order chi connectivity index (χ1) is 31.2. The van der Waals surface area contributed by atoms with Crippen molar-refractivity contribution in [1.82, 2.24) is 30.1 Å². The second-order valence-corrected chi connectivity index (χ2v) is 18.4. The topological polar surface area (TPSA) is 171 Å². The summed E-state index contributed by atoms with van der Waals surface area (Å²) in [7, 11) is 1.23. The van der Waals surface area contributed by atoms with Gasteiger partial charge in [-0.1, -0.05) is 63.6 Å². The third-order valence-electron chi connectivity index (χ3n) is 12.1. The number of nitrogens with zero attached hydrogens (tertiary/aromatic N) is 5. The van der Waals surface area contributed by atoms with Crippen molar-refractivity contribution in [3.63, 3.8) is 0 Å². The molecule has 3 saturated heterocycles. The molecule has 0 unspecified atom stereocenters. The van der Waals surface area contributed by atoms with Crippen LogP contribution in [0.15, 0.2) is 54.7 Å². The number of alkyl carbamates (subject to hydrolysis) is 1. The molecule has 0 radical (unpaired) electrons. The van der Waals surface area contributed by atoms with Crippen LogP contribution < -0.4 is 20.3 Å². The Morgan fingerprint density at radius 1 is 0.955 bits per heavy atom. The summed E-state index contributed by atoms with van der Waals surface area (Å²) in [4.78, 5) is 70.5. The summed E-state index contributed by atoms with van der Waals surface area (Å²) in [6.45, 7) is 12.4. The number of benzene rings is 2. The Morgan fingerprint density at radius 2 is 1.65 bits per heavy atom. The summed E-state index contributed by atoms with van der Waals surface area (Å²) in [5.74, 6) is -3.07. The Morgan fingerprint density at radius 3 is 2.27 bits per heavy atom. The van der Waals surface area contributed by atoms with E-state index in [0.717, 1.165) is 12.1 Å². The van der Waals surface area contributed by atoms with Gasteiger partial charge >= 0.3 is 12.5 Å². The molecule has 66 heavy (non-hydrogen) atoms. The van der Waals surface area contributed by atoms with E-state index in [0.29, 0.717) is 81.6 Å². The average molecular weight is 941 g/mol. The number of likely N-dealkylation sites (tertiary alicyclic amines) is 1. The van der Waals surface area contributed by atoms with E-state index in [-0.39, 0.29) is 51.7 Å². The van der Waals surface area contributed by atoms with Crippen LogP contribution in [0.25, 0.3) is 22.4 Å². The Hall–Kier alpha value is -5.95. The largest absolute Gasteiger partial charge is 0.573 e. The molecular weight excluding hydrogens is 888 g/mol. The number of H-pyrrole nitrogens is 1. The fourth-order valence-electron chi connectivity index (χ4n) is 8.83. The maximum atomic E-state index is 16.1. The highest BCUT2D eigenvalue weighted by Crippen LogP contribution is 2.41. The van der Waals surface area contributed by atoms with Gasteiger partial charge in [-0.2, -0.15) is 0 Å². The van der Waals surface area contributed by atoms with E-state index in [1.54, 1.807) is 29.2 Å². The van der Waals surface area contributed by atoms with Crippen molar-refractivity contribution in [1.29, 1.82) is 0 Å². The van der Waals surface area contributed by atoms with Crippen LogP contribution in [0.5, 0.6) is 5.75 Å². The van der Waals surface area contributed by atoms with Crippen LogP contribution in [0, 0.1) is 23.1 Å². The van der Waals surface area contributed by atoms with Crippen LogP contribution in [0.2, 0.25) is 5.15 Å². The smallest absolute Gasteiger partial charge is 0.453 e. The number of hydrogen-bond acceptors (Lipinski definition) is 10. The monoisotopic (exact) mass is 940 g/mol. The summed E-state index contributed by atoms with van der Waals surface area (Å²) in [6, 6.07) is 9.99. The molecule has 3 aliphatic rings. The third-order valence-corrected chi connectivity index (χ3v) is 12.4. The summed E-state index contributed by atoms with van der Waals surface area (Å²) in [6.07, 6.45) is -2.96. The Balaban J connectivity index is 1.07. The molecule has 0 bridgehead atoms. The van der Waals surface area contributed by atoms with Crippen LogP contribution in [0.3, 0.4) is 0 Å². The number of carbonyl (C=O) groups excluding carboxylic acids is 4. The first-order valence-electron chi connectivity index (χ1n) is 21.7. The fraction of sp³-hybridized carbons (Fsp3) is 0.478. The van der Waals surface area contributed by atoms with Crippen LogP contribution in [-0.4, -0.2) is 114 Å². The molecule has 3 fully saturated rings. The summed E-state index contributed by atoms with van der Waals surface area (Å²) in [5, 5.41) is 5.38. The summed E-state index contributed by atoms with van der Waals surface area (Å²) < 4.78 is 72.0. The lowest BCUT2D eigenvalue weighted by atomic mass is 9.90. The molecule has 3 aliphatic heterocycles. The van der Waals surface area contributed by atoms with E-state index in [2.05, 4.69) is 25.3 Å². The number of rotatable bonds is 10. The molecule has 0 saturated carbocycles. The van der Waals surface area contributed by atoms with E-state index in [9.17, 15) is 32.3 Å². The predicted molar refractivity (Wildman–Crippen MR) is 237 cm³/mol. The van der Waals surface area contributed by atoms with Gasteiger partial charge in [0.2, 0.25) is 11.8 Å². The number of ether oxygens (including phenoxy) is 3. The van der Waals surface area contributed by atoms with Gasteiger partial charge in [-0.15, -0.1) is 13.2 Å². The van der Waals surface area contributed by atoms with E-state index < -0.39 is 53.0 Å². The van der Waals surface area contributed by atoms with Crippen LogP contribution in [0.4, 0.5) is 33.9 Å². The number of imidazole rings is 1. The minimum atomic E-state index is -5.31. The zero-order chi connectivity index (χ0) is 47.7. The number of alkyl halides is 3. The molecule has 4 atom stereocenters. The number of pyridine rings is 1. The minimum Gasteiger partial charge on any atom is -0.453 e. The number of amides is 4. The van der Waals surface area contributed by atoms with Crippen molar-refractivity contribution >= 4 is 46.9 Å². The van der Waals surface area contributed by atoms with Crippen molar-refractivity contribution in [3.8, 4) is 28.1 Å². The van der Waals surface area contributed by atoms with Crippen molar-refractivity contribution in [3.05, 3.63) is 77.1 Å². The van der Waals surface area contributed by atoms with Crippen molar-refractivity contribution in [2.24, 2.45) is 17.3 Å². The van der Waals surface area contributed by atoms with Crippen molar-refractivity contribution < 1.29 is 51.0 Å². The molecule has 4 aromatic rings. The molecule has 0 aliphatic carbocycles. The van der Waals surface area contributed by atoms with Gasteiger partial charge in [0.05, 0.1) is 30.6 Å². The maximum absolute atomic E-state index is 16.1. The van der Waals surface area contributed by atoms with E-state index in [4.69, 9.17) is 26.1 Å². The second-order valence-electron chi connectivity index (χ2n) is 18.0. The van der Waals surface area contributed by atoms with Gasteiger partial charge in [0, 0.05) is 62.0 Å². The third kappa shape index (κ3) is 10.7. The number of piperazine rings is 1. The predicted octanol–water partition coefficient (Wildman–Crippen LogP) is 8.23. The number of aromatic nitrogens is 3. The van der Waals surface area contributed by atoms with Crippen LogP contribution in [-0.2, 0) is 19.1 Å². The first kappa shape index (κ1) is 48.0. The molecule has 0 spiro atoms. The Labute approximate surface area is 384 Å². The minimum absolute atomic E-state index is 0.0544. The second kappa shape index (κ2) is 19.5. The van der Waals surface area contributed by atoms with Crippen molar-refractivity contribution in [2.75, 3.05) is 56.7 Å². The van der Waals surface area contributed by atoms with E-state index >= 15 is 4.39 Å². The van der Waals surface area contributed by atoms with Gasteiger partial charge in [0.15, 0.2) is 11.6 Å². The summed E-state index contributed by atoms with van der Waals surface area (Å²) >= 11 is 6.69. The van der Waals surface area contributed by atoms with Crippen LogP contribution >= 0.6 is 11.6 Å². The van der Waals surface area contributed by atoms with Crippen molar-refractivity contribution in [2.45, 2.75) is 78.4 Å². The molecule has 5 heterocycles. The lowest BCUT2D eigenvalue weighted by Crippen LogP contribution is -2.56. The molecule has 20 heteroatoms.